The van der Waals surface area contributed by atoms with E-state index in [2.05, 4.69) is 41.6 Å². The maximum absolute atomic E-state index is 5.72. The molecule has 0 radical (unpaired) electrons. The zero-order chi connectivity index (χ0) is 10.7. The molecule has 0 aliphatic heterocycles. The van der Waals surface area contributed by atoms with Crippen LogP contribution in [-0.4, -0.2) is 4.98 Å². The largest absolute Gasteiger partial charge is 0.240 e. The molecule has 0 atom stereocenters. The van der Waals surface area contributed by atoms with Gasteiger partial charge in [-0.15, -0.1) is 22.9 Å². The van der Waals surface area contributed by atoms with Crippen molar-refractivity contribution in [2.75, 3.05) is 0 Å². The molecule has 1 aromatic carbocycles. The van der Waals surface area contributed by atoms with Crippen molar-refractivity contribution in [1.82, 2.24) is 4.98 Å². The van der Waals surface area contributed by atoms with Crippen molar-refractivity contribution in [3.05, 3.63) is 40.2 Å². The number of aromatic nitrogens is 1. The van der Waals surface area contributed by atoms with E-state index >= 15 is 0 Å². The predicted molar refractivity (Wildman–Crippen MR) is 66.5 cm³/mol. The van der Waals surface area contributed by atoms with E-state index in [1.807, 2.05) is 0 Å². The highest BCUT2D eigenvalue weighted by molar-refractivity contribution is 7.10. The van der Waals surface area contributed by atoms with Crippen LogP contribution in [0.25, 0.3) is 11.3 Å². The standard InChI is InChI=1S/C12H12ClNS/c1-2-9-3-5-10(6-4-9)11-8-15-12(7-13)14-11/h3-6,8H,2,7H2,1H3. The van der Waals surface area contributed by atoms with E-state index < -0.39 is 0 Å². The van der Waals surface area contributed by atoms with E-state index in [1.165, 1.54) is 11.1 Å². The van der Waals surface area contributed by atoms with Crippen LogP contribution in [0.2, 0.25) is 0 Å². The summed E-state index contributed by atoms with van der Waals surface area (Å²) in [6.45, 7) is 2.16. The van der Waals surface area contributed by atoms with Gasteiger partial charge in [-0.25, -0.2) is 4.98 Å². The van der Waals surface area contributed by atoms with Crippen molar-refractivity contribution < 1.29 is 0 Å². The molecule has 1 heterocycles. The molecule has 0 saturated heterocycles. The fraction of sp³-hybridized carbons (Fsp3) is 0.250. The van der Waals surface area contributed by atoms with Crippen LogP contribution < -0.4 is 0 Å². The molecule has 0 fully saturated rings. The van der Waals surface area contributed by atoms with Gasteiger partial charge in [-0.2, -0.15) is 0 Å². The molecule has 2 rings (SSSR count). The van der Waals surface area contributed by atoms with Gasteiger partial charge in [-0.1, -0.05) is 31.2 Å². The molecule has 15 heavy (non-hydrogen) atoms. The lowest BCUT2D eigenvalue weighted by Gasteiger charge is -1.98. The molecule has 0 amide bonds. The smallest absolute Gasteiger partial charge is 0.108 e. The first-order valence-electron chi connectivity index (χ1n) is 4.93. The van der Waals surface area contributed by atoms with Crippen LogP contribution in [0.3, 0.4) is 0 Å². The minimum absolute atomic E-state index is 0.498. The lowest BCUT2D eigenvalue weighted by Crippen LogP contribution is -1.82. The second-order valence-electron chi connectivity index (χ2n) is 3.31. The quantitative estimate of drug-likeness (QED) is 0.732. The number of thiazole rings is 1. The zero-order valence-corrected chi connectivity index (χ0v) is 10.1. The number of aryl methyl sites for hydroxylation is 1. The molecule has 78 valence electrons. The molecule has 1 aromatic heterocycles. The number of alkyl halides is 1. The highest BCUT2D eigenvalue weighted by Crippen LogP contribution is 2.23. The Bertz CT molecular complexity index is 433. The predicted octanol–water partition coefficient (Wildman–Crippen LogP) is 4.11. The normalized spacial score (nSPS) is 10.5. The number of halogens is 1. The lowest BCUT2D eigenvalue weighted by molar-refractivity contribution is 1.14. The SMILES string of the molecule is CCc1ccc(-c2csc(CCl)n2)cc1. The summed E-state index contributed by atoms with van der Waals surface area (Å²) >= 11 is 7.33. The summed E-state index contributed by atoms with van der Waals surface area (Å²) in [5.74, 6) is 0.498. The number of nitrogens with zero attached hydrogens (tertiary/aromatic N) is 1. The van der Waals surface area contributed by atoms with Crippen molar-refractivity contribution in [2.24, 2.45) is 0 Å². The number of hydrogen-bond donors (Lipinski definition) is 0. The van der Waals surface area contributed by atoms with Crippen molar-refractivity contribution in [1.29, 1.82) is 0 Å². The van der Waals surface area contributed by atoms with Crippen LogP contribution in [0.5, 0.6) is 0 Å². The Kier molecular flexibility index (Phi) is 3.39. The fourth-order valence-electron chi connectivity index (χ4n) is 1.42. The first kappa shape index (κ1) is 10.7. The first-order valence-corrected chi connectivity index (χ1v) is 6.34. The molecule has 0 unspecified atom stereocenters. The van der Waals surface area contributed by atoms with Gasteiger partial charge in [-0.3, -0.25) is 0 Å². The summed E-state index contributed by atoms with van der Waals surface area (Å²) in [4.78, 5) is 4.44. The number of benzene rings is 1. The minimum atomic E-state index is 0.498. The van der Waals surface area contributed by atoms with Crippen LogP contribution in [-0.2, 0) is 12.3 Å². The Labute approximate surface area is 98.7 Å². The molecular weight excluding hydrogens is 226 g/mol. The summed E-state index contributed by atoms with van der Waals surface area (Å²) in [5.41, 5.74) is 3.55. The van der Waals surface area contributed by atoms with E-state index in [1.54, 1.807) is 11.3 Å². The van der Waals surface area contributed by atoms with Crippen LogP contribution >= 0.6 is 22.9 Å². The van der Waals surface area contributed by atoms with Gasteiger partial charge in [0.05, 0.1) is 11.6 Å². The summed E-state index contributed by atoms with van der Waals surface area (Å²) in [5, 5.41) is 3.03. The van der Waals surface area contributed by atoms with Gasteiger partial charge in [0.15, 0.2) is 0 Å². The van der Waals surface area contributed by atoms with Gasteiger partial charge in [0.1, 0.15) is 5.01 Å². The monoisotopic (exact) mass is 237 g/mol. The van der Waals surface area contributed by atoms with Crippen LogP contribution in [0.1, 0.15) is 17.5 Å². The van der Waals surface area contributed by atoms with Crippen LogP contribution in [0.15, 0.2) is 29.6 Å². The average molecular weight is 238 g/mol. The van der Waals surface area contributed by atoms with Crippen molar-refractivity contribution >= 4 is 22.9 Å². The fourth-order valence-corrected chi connectivity index (χ4v) is 2.32. The van der Waals surface area contributed by atoms with E-state index in [0.717, 1.165) is 17.1 Å². The molecule has 2 aromatic rings. The minimum Gasteiger partial charge on any atom is -0.240 e. The molecular formula is C12H12ClNS. The third-order valence-electron chi connectivity index (χ3n) is 2.32. The maximum Gasteiger partial charge on any atom is 0.108 e. The Morgan fingerprint density at radius 3 is 2.53 bits per heavy atom. The molecule has 0 bridgehead atoms. The number of hydrogen-bond acceptors (Lipinski definition) is 2. The zero-order valence-electron chi connectivity index (χ0n) is 8.53. The third-order valence-corrected chi connectivity index (χ3v) is 3.58. The average Bonchev–Trinajstić information content (AvgIpc) is 2.78. The van der Waals surface area contributed by atoms with Gasteiger partial charge < -0.3 is 0 Å². The van der Waals surface area contributed by atoms with Crippen molar-refractivity contribution in [3.63, 3.8) is 0 Å². The summed E-state index contributed by atoms with van der Waals surface area (Å²) in [6, 6.07) is 8.53. The third kappa shape index (κ3) is 2.39. The van der Waals surface area contributed by atoms with Gasteiger partial charge in [0.2, 0.25) is 0 Å². The Morgan fingerprint density at radius 1 is 1.27 bits per heavy atom. The maximum atomic E-state index is 5.72. The highest BCUT2D eigenvalue weighted by Gasteiger charge is 2.03. The molecule has 0 aliphatic carbocycles. The van der Waals surface area contributed by atoms with Crippen molar-refractivity contribution in [2.45, 2.75) is 19.2 Å². The Balaban J connectivity index is 2.28. The Morgan fingerprint density at radius 2 is 2.00 bits per heavy atom. The second-order valence-corrected chi connectivity index (χ2v) is 4.52. The summed E-state index contributed by atoms with van der Waals surface area (Å²) < 4.78 is 0. The van der Waals surface area contributed by atoms with E-state index in [-0.39, 0.29) is 0 Å². The van der Waals surface area contributed by atoms with Gasteiger partial charge >= 0.3 is 0 Å². The van der Waals surface area contributed by atoms with E-state index in [4.69, 9.17) is 11.6 Å². The second kappa shape index (κ2) is 4.77. The van der Waals surface area contributed by atoms with Gasteiger partial charge in [-0.05, 0) is 12.0 Å². The van der Waals surface area contributed by atoms with Crippen LogP contribution in [0, 0.1) is 0 Å². The topological polar surface area (TPSA) is 12.9 Å². The Hall–Kier alpha value is -0.860. The number of rotatable bonds is 3. The van der Waals surface area contributed by atoms with Gasteiger partial charge in [0.25, 0.3) is 0 Å². The van der Waals surface area contributed by atoms with E-state index in [0.29, 0.717) is 5.88 Å². The molecule has 0 aliphatic rings. The lowest BCUT2D eigenvalue weighted by atomic mass is 10.1. The summed E-state index contributed by atoms with van der Waals surface area (Å²) in [7, 11) is 0. The molecule has 1 nitrogen and oxygen atoms in total. The van der Waals surface area contributed by atoms with Gasteiger partial charge in [0, 0.05) is 10.9 Å². The highest BCUT2D eigenvalue weighted by atomic mass is 35.5. The van der Waals surface area contributed by atoms with Crippen LogP contribution in [0.4, 0.5) is 0 Å². The van der Waals surface area contributed by atoms with E-state index in [9.17, 15) is 0 Å². The summed E-state index contributed by atoms with van der Waals surface area (Å²) in [6.07, 6.45) is 1.07. The molecule has 0 saturated carbocycles. The molecule has 0 spiro atoms. The first-order chi connectivity index (χ1) is 7.33. The van der Waals surface area contributed by atoms with Crippen molar-refractivity contribution in [3.8, 4) is 11.3 Å². The molecule has 0 N–H and O–H groups in total. The molecule has 3 heteroatoms.